The fraction of sp³-hybridized carbons (Fsp3) is 1.00. The summed E-state index contributed by atoms with van der Waals surface area (Å²) in [5.74, 6) is 2.62. The van der Waals surface area contributed by atoms with Gasteiger partial charge in [0, 0.05) is 6.04 Å². The Kier molecular flexibility index (Phi) is 6.54. The van der Waals surface area contributed by atoms with Gasteiger partial charge in [-0.05, 0) is 50.6 Å². The molecule has 0 saturated carbocycles. The molecular weight excluding hydrogens is 206 g/mol. The summed E-state index contributed by atoms with van der Waals surface area (Å²) in [6, 6.07) is 0.775. The molecule has 1 fully saturated rings. The molecule has 0 amide bonds. The highest BCUT2D eigenvalue weighted by Crippen LogP contribution is 2.32. The number of rotatable bonds is 5. The van der Waals surface area contributed by atoms with Gasteiger partial charge >= 0.3 is 0 Å². The molecule has 102 valence electrons. The first-order valence-electron chi connectivity index (χ1n) is 7.82. The average Bonchev–Trinajstić information content (AvgIpc) is 2.41. The fourth-order valence-electron chi connectivity index (χ4n) is 3.18. The zero-order valence-electron chi connectivity index (χ0n) is 12.7. The highest BCUT2D eigenvalue weighted by Gasteiger charge is 2.30. The van der Waals surface area contributed by atoms with Crippen LogP contribution in [0.2, 0.25) is 0 Å². The van der Waals surface area contributed by atoms with Crippen LogP contribution in [-0.2, 0) is 0 Å². The summed E-state index contributed by atoms with van der Waals surface area (Å²) in [4.78, 5) is 2.75. The second-order valence-electron chi connectivity index (χ2n) is 6.32. The molecule has 1 saturated heterocycles. The lowest BCUT2D eigenvalue weighted by molar-refractivity contribution is 0.153. The largest absolute Gasteiger partial charge is 0.300 e. The van der Waals surface area contributed by atoms with Gasteiger partial charge < -0.3 is 4.90 Å². The molecule has 1 heterocycles. The van der Waals surface area contributed by atoms with Crippen molar-refractivity contribution in [3.05, 3.63) is 0 Å². The summed E-state index contributed by atoms with van der Waals surface area (Å²) in [5, 5.41) is 0. The molecule has 1 heteroatoms. The molecule has 0 aliphatic carbocycles. The standard InChI is InChI=1S/C16H33N/c1-6-7-8-9-11-17-12-10-13(2)14(3)15(4)16(17)5/h13-16H,6-12H2,1-5H3. The Morgan fingerprint density at radius 2 is 1.65 bits per heavy atom. The molecule has 0 aromatic rings. The average molecular weight is 239 g/mol. The molecule has 0 bridgehead atoms. The van der Waals surface area contributed by atoms with Crippen molar-refractivity contribution < 1.29 is 0 Å². The molecule has 4 unspecified atom stereocenters. The summed E-state index contributed by atoms with van der Waals surface area (Å²) in [7, 11) is 0. The normalized spacial score (nSPS) is 35.8. The van der Waals surface area contributed by atoms with Gasteiger partial charge in [0.05, 0.1) is 0 Å². The maximum absolute atomic E-state index is 2.75. The van der Waals surface area contributed by atoms with Crippen molar-refractivity contribution in [3.63, 3.8) is 0 Å². The molecule has 1 aliphatic heterocycles. The Morgan fingerprint density at radius 3 is 2.29 bits per heavy atom. The molecule has 17 heavy (non-hydrogen) atoms. The third kappa shape index (κ3) is 4.28. The summed E-state index contributed by atoms with van der Waals surface area (Å²) in [5.41, 5.74) is 0. The quantitative estimate of drug-likeness (QED) is 0.635. The summed E-state index contributed by atoms with van der Waals surface area (Å²) in [6.45, 7) is 14.7. The summed E-state index contributed by atoms with van der Waals surface area (Å²) < 4.78 is 0. The predicted octanol–water partition coefficient (Wildman–Crippen LogP) is 4.57. The van der Waals surface area contributed by atoms with Crippen LogP contribution in [0.3, 0.4) is 0 Å². The van der Waals surface area contributed by atoms with Crippen LogP contribution in [0.15, 0.2) is 0 Å². The van der Waals surface area contributed by atoms with Gasteiger partial charge in [0.2, 0.25) is 0 Å². The number of nitrogens with zero attached hydrogens (tertiary/aromatic N) is 1. The molecule has 0 aromatic heterocycles. The van der Waals surface area contributed by atoms with E-state index < -0.39 is 0 Å². The van der Waals surface area contributed by atoms with Crippen molar-refractivity contribution in [2.45, 2.75) is 72.8 Å². The highest BCUT2D eigenvalue weighted by molar-refractivity contribution is 4.83. The maximum Gasteiger partial charge on any atom is 0.00951 e. The van der Waals surface area contributed by atoms with Crippen LogP contribution in [0.25, 0.3) is 0 Å². The van der Waals surface area contributed by atoms with Crippen LogP contribution in [0, 0.1) is 17.8 Å². The smallest absolute Gasteiger partial charge is 0.00951 e. The number of hydrogen-bond acceptors (Lipinski definition) is 1. The zero-order valence-corrected chi connectivity index (χ0v) is 12.7. The van der Waals surface area contributed by atoms with Gasteiger partial charge in [-0.2, -0.15) is 0 Å². The van der Waals surface area contributed by atoms with E-state index in [2.05, 4.69) is 39.5 Å². The Morgan fingerprint density at radius 1 is 0.941 bits per heavy atom. The van der Waals surface area contributed by atoms with Crippen LogP contribution < -0.4 is 0 Å². The van der Waals surface area contributed by atoms with Crippen molar-refractivity contribution in [2.75, 3.05) is 13.1 Å². The van der Waals surface area contributed by atoms with E-state index in [-0.39, 0.29) is 0 Å². The first-order chi connectivity index (χ1) is 8.07. The monoisotopic (exact) mass is 239 g/mol. The second-order valence-corrected chi connectivity index (χ2v) is 6.32. The van der Waals surface area contributed by atoms with Gasteiger partial charge in [-0.15, -0.1) is 0 Å². The van der Waals surface area contributed by atoms with E-state index in [1.54, 1.807) is 0 Å². The number of likely N-dealkylation sites (tertiary alicyclic amines) is 1. The van der Waals surface area contributed by atoms with Crippen molar-refractivity contribution in [1.82, 2.24) is 4.90 Å². The van der Waals surface area contributed by atoms with E-state index in [4.69, 9.17) is 0 Å². The highest BCUT2D eigenvalue weighted by atomic mass is 15.2. The fourth-order valence-corrected chi connectivity index (χ4v) is 3.18. The molecule has 0 spiro atoms. The Labute approximate surface area is 109 Å². The number of unbranched alkanes of at least 4 members (excludes halogenated alkanes) is 3. The van der Waals surface area contributed by atoms with Gasteiger partial charge in [-0.1, -0.05) is 47.0 Å². The van der Waals surface area contributed by atoms with Crippen molar-refractivity contribution in [3.8, 4) is 0 Å². The minimum atomic E-state index is 0.775. The van der Waals surface area contributed by atoms with E-state index in [1.165, 1.54) is 45.2 Å². The molecule has 0 N–H and O–H groups in total. The lowest BCUT2D eigenvalue weighted by atomic mass is 9.81. The molecule has 1 rings (SSSR count). The van der Waals surface area contributed by atoms with E-state index in [9.17, 15) is 0 Å². The Hall–Kier alpha value is -0.0400. The van der Waals surface area contributed by atoms with Crippen LogP contribution in [-0.4, -0.2) is 24.0 Å². The molecule has 1 nitrogen and oxygen atoms in total. The lowest BCUT2D eigenvalue weighted by Crippen LogP contribution is -2.38. The maximum atomic E-state index is 2.75. The SMILES string of the molecule is CCCCCCN1CCC(C)C(C)C(C)C1C. The topological polar surface area (TPSA) is 3.24 Å². The Balaban J connectivity index is 2.43. The van der Waals surface area contributed by atoms with Gasteiger partial charge in [-0.3, -0.25) is 0 Å². The minimum absolute atomic E-state index is 0.775. The van der Waals surface area contributed by atoms with E-state index in [0.29, 0.717) is 0 Å². The van der Waals surface area contributed by atoms with E-state index >= 15 is 0 Å². The van der Waals surface area contributed by atoms with Gasteiger partial charge in [0.15, 0.2) is 0 Å². The molecule has 0 radical (unpaired) electrons. The Bertz CT molecular complexity index is 202. The molecule has 0 aromatic carbocycles. The lowest BCUT2D eigenvalue weighted by Gasteiger charge is -2.33. The first-order valence-corrected chi connectivity index (χ1v) is 7.82. The van der Waals surface area contributed by atoms with Crippen LogP contribution in [0.4, 0.5) is 0 Å². The molecule has 4 atom stereocenters. The third-order valence-electron chi connectivity index (χ3n) is 5.23. The van der Waals surface area contributed by atoms with E-state index in [0.717, 1.165) is 23.8 Å². The molecule has 1 aliphatic rings. The zero-order chi connectivity index (χ0) is 12.8. The second kappa shape index (κ2) is 7.41. The third-order valence-corrected chi connectivity index (χ3v) is 5.23. The first kappa shape index (κ1) is 15.0. The number of hydrogen-bond donors (Lipinski definition) is 0. The molecular formula is C16H33N. The van der Waals surface area contributed by atoms with Gasteiger partial charge in [-0.25, -0.2) is 0 Å². The van der Waals surface area contributed by atoms with Crippen molar-refractivity contribution >= 4 is 0 Å². The van der Waals surface area contributed by atoms with Gasteiger partial charge in [0.1, 0.15) is 0 Å². The van der Waals surface area contributed by atoms with Crippen LogP contribution in [0.1, 0.15) is 66.7 Å². The summed E-state index contributed by atoms with van der Waals surface area (Å²) >= 11 is 0. The van der Waals surface area contributed by atoms with Crippen LogP contribution in [0.5, 0.6) is 0 Å². The van der Waals surface area contributed by atoms with Crippen LogP contribution >= 0.6 is 0 Å². The van der Waals surface area contributed by atoms with Crippen molar-refractivity contribution in [2.24, 2.45) is 17.8 Å². The summed E-state index contributed by atoms with van der Waals surface area (Å²) in [6.07, 6.45) is 6.96. The van der Waals surface area contributed by atoms with Gasteiger partial charge in [0.25, 0.3) is 0 Å². The minimum Gasteiger partial charge on any atom is -0.300 e. The van der Waals surface area contributed by atoms with Crippen molar-refractivity contribution in [1.29, 1.82) is 0 Å². The van der Waals surface area contributed by atoms with E-state index in [1.807, 2.05) is 0 Å². The predicted molar refractivity (Wildman–Crippen MR) is 77.3 cm³/mol.